The zero-order chi connectivity index (χ0) is 33.1. The molecule has 0 aliphatic heterocycles. The normalized spacial score (nSPS) is 34.3. The van der Waals surface area contributed by atoms with E-state index in [2.05, 4.69) is 10.0 Å². The fourth-order valence-corrected chi connectivity index (χ4v) is 6.88. The summed E-state index contributed by atoms with van der Waals surface area (Å²) in [6.07, 6.45) is -18.3. The number of azide groups is 1. The quantitative estimate of drug-likeness (QED) is 0.104. The van der Waals surface area contributed by atoms with Gasteiger partial charge in [0.1, 0.15) is 5.72 Å². The Morgan fingerprint density at radius 1 is 0.500 bits per heavy atom. The van der Waals surface area contributed by atoms with Crippen molar-refractivity contribution in [3.63, 3.8) is 0 Å². The standard InChI is InChI=1S/C26H40F9N3O4/c1-19(2,14-9-17(22(5,41)26(33,34)35)12-18(10-14)23(6,42)37-38-36)13-7-15(20(3,39)24(27,28)29)11-16(8-13)21(4,40)25(30,31)32/h13-18,39-42H,7-12H2,1-6H3. The summed E-state index contributed by atoms with van der Waals surface area (Å²) < 4.78 is 125. The molecule has 0 aromatic carbocycles. The monoisotopic (exact) mass is 629 g/mol. The molecule has 0 radical (unpaired) electrons. The van der Waals surface area contributed by atoms with Crippen LogP contribution >= 0.6 is 0 Å². The molecule has 0 heterocycles. The summed E-state index contributed by atoms with van der Waals surface area (Å²) in [7, 11) is 0. The van der Waals surface area contributed by atoms with Gasteiger partial charge in [0.2, 0.25) is 0 Å². The predicted octanol–water partition coefficient (Wildman–Crippen LogP) is 7.04. The largest absolute Gasteiger partial charge is 0.417 e. The Bertz CT molecular complexity index is 982. The minimum Gasteiger partial charge on any atom is -0.384 e. The molecule has 7 nitrogen and oxygen atoms in total. The van der Waals surface area contributed by atoms with Crippen LogP contribution in [0.15, 0.2) is 5.11 Å². The van der Waals surface area contributed by atoms with Crippen molar-refractivity contribution >= 4 is 0 Å². The van der Waals surface area contributed by atoms with E-state index in [1.54, 1.807) is 0 Å². The van der Waals surface area contributed by atoms with Crippen LogP contribution < -0.4 is 0 Å². The zero-order valence-electron chi connectivity index (χ0n) is 24.2. The average molecular weight is 630 g/mol. The van der Waals surface area contributed by atoms with Crippen molar-refractivity contribution in [2.75, 3.05) is 0 Å². The lowest BCUT2D eigenvalue weighted by molar-refractivity contribution is -0.300. The van der Waals surface area contributed by atoms with Crippen molar-refractivity contribution in [3.05, 3.63) is 10.4 Å². The second-order valence-corrected chi connectivity index (χ2v) is 13.6. The first-order valence-electron chi connectivity index (χ1n) is 13.6. The Kier molecular flexibility index (Phi) is 9.75. The van der Waals surface area contributed by atoms with Gasteiger partial charge in [-0.3, -0.25) is 0 Å². The van der Waals surface area contributed by atoms with Gasteiger partial charge >= 0.3 is 18.5 Å². The lowest BCUT2D eigenvalue weighted by Crippen LogP contribution is -2.58. The van der Waals surface area contributed by atoms with Crippen LogP contribution in [0.1, 0.15) is 80.1 Å². The van der Waals surface area contributed by atoms with E-state index in [0.29, 0.717) is 20.8 Å². The minimum atomic E-state index is -5.24. The first-order valence-corrected chi connectivity index (χ1v) is 13.6. The third-order valence-electron chi connectivity index (χ3n) is 10.6. The zero-order valence-corrected chi connectivity index (χ0v) is 24.2. The maximum absolute atomic E-state index is 13.9. The van der Waals surface area contributed by atoms with Gasteiger partial charge in [-0.2, -0.15) is 39.5 Å². The fraction of sp³-hybridized carbons (Fsp3) is 1.00. The highest BCUT2D eigenvalue weighted by Crippen LogP contribution is 2.59. The maximum atomic E-state index is 13.9. The van der Waals surface area contributed by atoms with Gasteiger partial charge in [-0.1, -0.05) is 19.0 Å². The first kappa shape index (κ1) is 36.7. The molecule has 0 aromatic rings. The number of alkyl halides is 9. The topological polar surface area (TPSA) is 130 Å². The second-order valence-electron chi connectivity index (χ2n) is 13.6. The van der Waals surface area contributed by atoms with Gasteiger partial charge in [0, 0.05) is 4.91 Å². The van der Waals surface area contributed by atoms with Crippen molar-refractivity contribution in [2.24, 2.45) is 46.0 Å². The van der Waals surface area contributed by atoms with Gasteiger partial charge in [-0.15, -0.1) is 0 Å². The van der Waals surface area contributed by atoms with E-state index in [1.807, 2.05) is 0 Å². The Balaban J connectivity index is 2.64. The third-order valence-corrected chi connectivity index (χ3v) is 10.6. The minimum absolute atomic E-state index is 0.124. The lowest BCUT2D eigenvalue weighted by Gasteiger charge is -2.55. The summed E-state index contributed by atoms with van der Waals surface area (Å²) >= 11 is 0. The number of nitrogens with zero attached hydrogens (tertiary/aromatic N) is 3. The van der Waals surface area contributed by atoms with E-state index in [1.165, 1.54) is 13.8 Å². The van der Waals surface area contributed by atoms with Gasteiger partial charge in [-0.25, -0.2) is 0 Å². The van der Waals surface area contributed by atoms with Gasteiger partial charge in [0.05, 0.1) is 0 Å². The molecule has 4 N–H and O–H groups in total. The predicted molar refractivity (Wildman–Crippen MR) is 132 cm³/mol. The molecule has 16 heteroatoms. The Morgan fingerprint density at radius 2 is 0.738 bits per heavy atom. The van der Waals surface area contributed by atoms with Crippen LogP contribution in [0.25, 0.3) is 10.4 Å². The fourth-order valence-electron chi connectivity index (χ4n) is 6.88. The van der Waals surface area contributed by atoms with Gasteiger partial charge in [-0.05, 0) is 113 Å². The van der Waals surface area contributed by atoms with Crippen LogP contribution in [0.4, 0.5) is 39.5 Å². The molecule has 2 aliphatic carbocycles. The van der Waals surface area contributed by atoms with Crippen molar-refractivity contribution in [2.45, 2.75) is 121 Å². The molecule has 2 fully saturated rings. The summed E-state index contributed by atoms with van der Waals surface area (Å²) in [6.45, 7) is 5.43. The average Bonchev–Trinajstić information content (AvgIpc) is 2.81. The second kappa shape index (κ2) is 11.1. The summed E-state index contributed by atoms with van der Waals surface area (Å²) in [4.78, 5) is 2.54. The number of halogens is 9. The highest BCUT2D eigenvalue weighted by Gasteiger charge is 2.64. The maximum Gasteiger partial charge on any atom is 0.417 e. The molecule has 2 saturated carbocycles. The number of hydrogen-bond donors (Lipinski definition) is 4. The smallest absolute Gasteiger partial charge is 0.384 e. The molecule has 2 rings (SSSR count). The highest BCUT2D eigenvalue weighted by atomic mass is 19.4. The van der Waals surface area contributed by atoms with Crippen molar-refractivity contribution in [3.8, 4) is 0 Å². The number of hydrogen-bond acceptors (Lipinski definition) is 5. The van der Waals surface area contributed by atoms with Crippen molar-refractivity contribution < 1.29 is 59.9 Å². The molecule has 0 saturated heterocycles. The van der Waals surface area contributed by atoms with Crippen molar-refractivity contribution in [1.29, 1.82) is 0 Å². The van der Waals surface area contributed by atoms with Crippen LogP contribution in [-0.2, 0) is 0 Å². The van der Waals surface area contributed by atoms with Crippen LogP contribution in [0.2, 0.25) is 0 Å². The molecule has 42 heavy (non-hydrogen) atoms. The SMILES string of the molecule is CC(O)(N=[N+]=[N-])C1CC(C(C)(C)C2CC(C(C)(O)C(F)(F)F)CC(C(C)(O)C(F)(F)F)C2)CC(C(C)(O)C(F)(F)F)C1. The van der Waals surface area contributed by atoms with E-state index < -0.39 is 108 Å². The number of aliphatic hydroxyl groups is 4. The Morgan fingerprint density at radius 3 is 1.00 bits per heavy atom. The first-order chi connectivity index (χ1) is 18.4. The Labute approximate surface area is 238 Å². The molecular weight excluding hydrogens is 589 g/mol. The van der Waals surface area contributed by atoms with Crippen molar-refractivity contribution in [1.82, 2.24) is 0 Å². The molecule has 246 valence electrons. The van der Waals surface area contributed by atoms with Crippen LogP contribution in [-0.4, -0.2) is 61.5 Å². The molecule has 2 aliphatic rings. The van der Waals surface area contributed by atoms with E-state index in [0.717, 1.165) is 6.92 Å². The van der Waals surface area contributed by atoms with E-state index in [9.17, 15) is 59.9 Å². The van der Waals surface area contributed by atoms with E-state index >= 15 is 0 Å². The highest BCUT2D eigenvalue weighted by molar-refractivity contribution is 5.05. The molecule has 0 aromatic heterocycles. The summed E-state index contributed by atoms with van der Waals surface area (Å²) in [5, 5.41) is 45.6. The molecule has 0 bridgehead atoms. The van der Waals surface area contributed by atoms with Crippen LogP contribution in [0.5, 0.6) is 0 Å². The summed E-state index contributed by atoms with van der Waals surface area (Å²) in [6, 6.07) is 0. The van der Waals surface area contributed by atoms with Gasteiger partial charge in [0.25, 0.3) is 0 Å². The number of rotatable bonds is 7. The molecule has 0 amide bonds. The van der Waals surface area contributed by atoms with Gasteiger partial charge in [0.15, 0.2) is 16.8 Å². The molecule has 9 atom stereocenters. The van der Waals surface area contributed by atoms with E-state index in [4.69, 9.17) is 5.53 Å². The van der Waals surface area contributed by atoms with E-state index in [-0.39, 0.29) is 12.8 Å². The molecule has 0 spiro atoms. The van der Waals surface area contributed by atoms with Crippen LogP contribution in [0.3, 0.4) is 0 Å². The van der Waals surface area contributed by atoms with Gasteiger partial charge < -0.3 is 20.4 Å². The van der Waals surface area contributed by atoms with Crippen LogP contribution in [0, 0.1) is 40.9 Å². The Hall–Kier alpha value is -1.48. The molecular formula is C26H40F9N3O4. The third kappa shape index (κ3) is 6.77. The molecule has 9 unspecified atom stereocenters. The lowest BCUT2D eigenvalue weighted by atomic mass is 9.52. The summed E-state index contributed by atoms with van der Waals surface area (Å²) in [5.41, 5.74) is -4.82. The summed E-state index contributed by atoms with van der Waals surface area (Å²) in [5.74, 6) is -8.33.